The standard InChI is InChI=1S/C17H27ClN2/c1-4-13(2)17-12-20(14(3)11-19-17)10-9-15-5-7-16(18)8-6-15/h5-8,13-14,17,19H,4,9-12H2,1-3H3. The van der Waals surface area contributed by atoms with Gasteiger partial charge in [-0.05, 0) is 37.0 Å². The Morgan fingerprint density at radius 3 is 2.70 bits per heavy atom. The van der Waals surface area contributed by atoms with Crippen LogP contribution in [0.2, 0.25) is 5.02 Å². The minimum Gasteiger partial charge on any atom is -0.311 e. The molecule has 0 amide bonds. The molecule has 3 heteroatoms. The lowest BCUT2D eigenvalue weighted by molar-refractivity contribution is 0.120. The molecule has 1 saturated heterocycles. The van der Waals surface area contributed by atoms with E-state index in [0.29, 0.717) is 12.1 Å². The maximum absolute atomic E-state index is 5.93. The third-order valence-electron chi connectivity index (χ3n) is 4.66. The van der Waals surface area contributed by atoms with Crippen molar-refractivity contribution in [1.82, 2.24) is 10.2 Å². The van der Waals surface area contributed by atoms with Crippen molar-refractivity contribution in [2.24, 2.45) is 5.92 Å². The number of nitrogens with zero attached hydrogens (tertiary/aromatic N) is 1. The summed E-state index contributed by atoms with van der Waals surface area (Å²) in [5.41, 5.74) is 1.38. The van der Waals surface area contributed by atoms with Gasteiger partial charge in [0.1, 0.15) is 0 Å². The van der Waals surface area contributed by atoms with Gasteiger partial charge < -0.3 is 5.32 Å². The van der Waals surface area contributed by atoms with E-state index in [4.69, 9.17) is 11.6 Å². The molecule has 1 heterocycles. The van der Waals surface area contributed by atoms with E-state index < -0.39 is 0 Å². The molecule has 0 saturated carbocycles. The summed E-state index contributed by atoms with van der Waals surface area (Å²) < 4.78 is 0. The van der Waals surface area contributed by atoms with Gasteiger partial charge in [-0.3, -0.25) is 4.90 Å². The molecule has 1 fully saturated rings. The highest BCUT2D eigenvalue weighted by Gasteiger charge is 2.27. The van der Waals surface area contributed by atoms with Gasteiger partial charge in [-0.1, -0.05) is 44.0 Å². The predicted molar refractivity (Wildman–Crippen MR) is 87.4 cm³/mol. The van der Waals surface area contributed by atoms with Gasteiger partial charge in [0, 0.05) is 36.7 Å². The summed E-state index contributed by atoms with van der Waals surface area (Å²) in [6.07, 6.45) is 2.35. The van der Waals surface area contributed by atoms with E-state index in [-0.39, 0.29) is 0 Å². The molecule has 0 aliphatic carbocycles. The van der Waals surface area contributed by atoms with E-state index in [1.54, 1.807) is 0 Å². The molecule has 3 unspecified atom stereocenters. The second kappa shape index (κ2) is 7.44. The van der Waals surface area contributed by atoms with Crippen LogP contribution in [-0.2, 0) is 6.42 Å². The van der Waals surface area contributed by atoms with Crippen LogP contribution in [0.15, 0.2) is 24.3 Å². The minimum absolute atomic E-state index is 0.627. The molecular weight excluding hydrogens is 268 g/mol. The molecule has 1 N–H and O–H groups in total. The van der Waals surface area contributed by atoms with Gasteiger partial charge in [0.05, 0.1) is 0 Å². The van der Waals surface area contributed by atoms with Crippen LogP contribution in [0.5, 0.6) is 0 Å². The van der Waals surface area contributed by atoms with E-state index in [1.807, 2.05) is 12.1 Å². The average molecular weight is 295 g/mol. The molecule has 3 atom stereocenters. The first kappa shape index (κ1) is 15.8. The smallest absolute Gasteiger partial charge is 0.0406 e. The van der Waals surface area contributed by atoms with Crippen LogP contribution in [-0.4, -0.2) is 36.6 Å². The Balaban J connectivity index is 1.88. The number of piperazine rings is 1. The van der Waals surface area contributed by atoms with Gasteiger partial charge in [0.15, 0.2) is 0 Å². The molecule has 1 aliphatic rings. The number of hydrogen-bond acceptors (Lipinski definition) is 2. The topological polar surface area (TPSA) is 15.3 Å². The molecule has 1 aromatic rings. The zero-order valence-electron chi connectivity index (χ0n) is 12.9. The number of hydrogen-bond donors (Lipinski definition) is 1. The summed E-state index contributed by atoms with van der Waals surface area (Å²) in [4.78, 5) is 2.63. The summed E-state index contributed by atoms with van der Waals surface area (Å²) in [6.45, 7) is 10.4. The molecular formula is C17H27ClN2. The van der Waals surface area contributed by atoms with Crippen molar-refractivity contribution in [3.8, 4) is 0 Å². The van der Waals surface area contributed by atoms with E-state index in [0.717, 1.165) is 30.5 Å². The van der Waals surface area contributed by atoms with Crippen LogP contribution in [0.3, 0.4) is 0 Å². The van der Waals surface area contributed by atoms with Crippen molar-refractivity contribution in [3.05, 3.63) is 34.9 Å². The van der Waals surface area contributed by atoms with Crippen molar-refractivity contribution in [2.45, 2.75) is 45.7 Å². The molecule has 2 nitrogen and oxygen atoms in total. The molecule has 0 aromatic heterocycles. The molecule has 0 spiro atoms. The summed E-state index contributed by atoms with van der Waals surface area (Å²) in [5, 5.41) is 4.52. The third kappa shape index (κ3) is 4.21. The van der Waals surface area contributed by atoms with Crippen LogP contribution in [0.25, 0.3) is 0 Å². The van der Waals surface area contributed by atoms with E-state index in [9.17, 15) is 0 Å². The summed E-state index contributed by atoms with van der Waals surface area (Å²) >= 11 is 5.93. The maximum atomic E-state index is 5.93. The van der Waals surface area contributed by atoms with Crippen LogP contribution in [0.1, 0.15) is 32.8 Å². The Labute approximate surface area is 128 Å². The fourth-order valence-corrected chi connectivity index (χ4v) is 2.98. The van der Waals surface area contributed by atoms with Crippen molar-refractivity contribution in [3.63, 3.8) is 0 Å². The summed E-state index contributed by atoms with van der Waals surface area (Å²) in [7, 11) is 0. The Hall–Kier alpha value is -0.570. The molecule has 1 aliphatic heterocycles. The zero-order valence-corrected chi connectivity index (χ0v) is 13.7. The van der Waals surface area contributed by atoms with Crippen LogP contribution < -0.4 is 5.32 Å². The van der Waals surface area contributed by atoms with Gasteiger partial charge in [-0.2, -0.15) is 0 Å². The quantitative estimate of drug-likeness (QED) is 0.893. The van der Waals surface area contributed by atoms with E-state index in [1.165, 1.54) is 18.5 Å². The largest absolute Gasteiger partial charge is 0.311 e. The first-order valence-electron chi connectivity index (χ1n) is 7.82. The van der Waals surface area contributed by atoms with E-state index in [2.05, 4.69) is 43.1 Å². The molecule has 0 bridgehead atoms. The summed E-state index contributed by atoms with van der Waals surface area (Å²) in [6, 6.07) is 9.52. The van der Waals surface area contributed by atoms with Crippen molar-refractivity contribution in [1.29, 1.82) is 0 Å². The highest BCUT2D eigenvalue weighted by atomic mass is 35.5. The molecule has 0 radical (unpaired) electrons. The SMILES string of the molecule is CCC(C)C1CN(CCc2ccc(Cl)cc2)C(C)CN1. The zero-order chi connectivity index (χ0) is 14.5. The van der Waals surface area contributed by atoms with Gasteiger partial charge in [-0.25, -0.2) is 0 Å². The minimum atomic E-state index is 0.627. The molecule has 112 valence electrons. The van der Waals surface area contributed by atoms with Gasteiger partial charge in [0.25, 0.3) is 0 Å². The fraction of sp³-hybridized carbons (Fsp3) is 0.647. The number of nitrogens with one attached hydrogen (secondary N) is 1. The number of rotatable bonds is 5. The molecule has 20 heavy (non-hydrogen) atoms. The Morgan fingerprint density at radius 2 is 2.05 bits per heavy atom. The average Bonchev–Trinajstić information content (AvgIpc) is 2.47. The highest BCUT2D eigenvalue weighted by molar-refractivity contribution is 6.30. The molecule has 2 rings (SSSR count). The van der Waals surface area contributed by atoms with Gasteiger partial charge in [0.2, 0.25) is 0 Å². The normalized spacial score (nSPS) is 25.6. The Kier molecular flexibility index (Phi) is 5.88. The van der Waals surface area contributed by atoms with Crippen LogP contribution in [0, 0.1) is 5.92 Å². The van der Waals surface area contributed by atoms with Crippen molar-refractivity contribution in [2.75, 3.05) is 19.6 Å². The monoisotopic (exact) mass is 294 g/mol. The number of benzene rings is 1. The second-order valence-electron chi connectivity index (χ2n) is 6.12. The van der Waals surface area contributed by atoms with Crippen molar-refractivity contribution >= 4 is 11.6 Å². The maximum Gasteiger partial charge on any atom is 0.0406 e. The van der Waals surface area contributed by atoms with Gasteiger partial charge >= 0.3 is 0 Å². The third-order valence-corrected chi connectivity index (χ3v) is 4.91. The Morgan fingerprint density at radius 1 is 1.35 bits per heavy atom. The van der Waals surface area contributed by atoms with E-state index >= 15 is 0 Å². The van der Waals surface area contributed by atoms with Crippen LogP contribution in [0.4, 0.5) is 0 Å². The first-order chi connectivity index (χ1) is 9.60. The summed E-state index contributed by atoms with van der Waals surface area (Å²) in [5.74, 6) is 0.750. The Bertz CT molecular complexity index is 404. The lowest BCUT2D eigenvalue weighted by Gasteiger charge is -2.41. The van der Waals surface area contributed by atoms with Gasteiger partial charge in [-0.15, -0.1) is 0 Å². The number of halogens is 1. The predicted octanol–water partition coefficient (Wildman–Crippen LogP) is 3.59. The second-order valence-corrected chi connectivity index (χ2v) is 6.56. The lowest BCUT2D eigenvalue weighted by atomic mass is 9.95. The van der Waals surface area contributed by atoms with Crippen molar-refractivity contribution < 1.29 is 0 Å². The van der Waals surface area contributed by atoms with Crippen LogP contribution >= 0.6 is 11.6 Å². The molecule has 1 aromatic carbocycles. The lowest BCUT2D eigenvalue weighted by Crippen LogP contribution is -2.57. The highest BCUT2D eigenvalue weighted by Crippen LogP contribution is 2.16. The fourth-order valence-electron chi connectivity index (χ4n) is 2.85. The first-order valence-corrected chi connectivity index (χ1v) is 8.19.